The molecule has 0 aliphatic heterocycles. The van der Waals surface area contributed by atoms with E-state index in [1.165, 1.54) is 6.92 Å². The van der Waals surface area contributed by atoms with Gasteiger partial charge < -0.3 is 20.1 Å². The smallest absolute Gasteiger partial charge is 0.326 e. The molecule has 7 nitrogen and oxygen atoms in total. The van der Waals surface area contributed by atoms with Crippen molar-refractivity contribution in [2.75, 3.05) is 13.2 Å². The van der Waals surface area contributed by atoms with E-state index in [-0.39, 0.29) is 18.5 Å². The van der Waals surface area contributed by atoms with E-state index in [9.17, 15) is 14.4 Å². The van der Waals surface area contributed by atoms with Crippen molar-refractivity contribution in [3.8, 4) is 5.75 Å². The van der Waals surface area contributed by atoms with Crippen LogP contribution in [0.1, 0.15) is 37.0 Å². The Morgan fingerprint density at radius 1 is 1.25 bits per heavy atom. The number of carbonyl (C=O) groups is 3. The summed E-state index contributed by atoms with van der Waals surface area (Å²) in [7, 11) is 0. The summed E-state index contributed by atoms with van der Waals surface area (Å²) < 4.78 is 10.4. The maximum atomic E-state index is 12.1. The molecule has 0 aromatic heterocycles. The largest absolute Gasteiger partial charge is 0.493 e. The minimum atomic E-state index is -0.884. The van der Waals surface area contributed by atoms with Crippen molar-refractivity contribution >= 4 is 17.8 Å². The zero-order valence-corrected chi connectivity index (χ0v) is 13.8. The van der Waals surface area contributed by atoms with Crippen LogP contribution in [0.3, 0.4) is 0 Å². The van der Waals surface area contributed by atoms with Crippen LogP contribution in [0.5, 0.6) is 5.75 Å². The second-order valence-electron chi connectivity index (χ2n) is 5.53. The number of carbonyl (C=O) groups excluding carboxylic acids is 3. The van der Waals surface area contributed by atoms with Crippen LogP contribution in [-0.4, -0.2) is 43.1 Å². The first-order valence-corrected chi connectivity index (χ1v) is 8.01. The summed E-state index contributed by atoms with van der Waals surface area (Å²) in [4.78, 5) is 35.6. The fourth-order valence-electron chi connectivity index (χ4n) is 2.02. The van der Waals surface area contributed by atoms with E-state index in [1.54, 1.807) is 24.3 Å². The topological polar surface area (TPSA) is 93.7 Å². The minimum absolute atomic E-state index is 0.202. The summed E-state index contributed by atoms with van der Waals surface area (Å²) in [5.41, 5.74) is 0.340. The van der Waals surface area contributed by atoms with Crippen molar-refractivity contribution in [3.63, 3.8) is 0 Å². The van der Waals surface area contributed by atoms with Crippen LogP contribution in [0, 0.1) is 0 Å². The number of para-hydroxylation sites is 1. The molecule has 0 radical (unpaired) electrons. The maximum Gasteiger partial charge on any atom is 0.326 e. The van der Waals surface area contributed by atoms with Gasteiger partial charge in [0.05, 0.1) is 12.2 Å². The van der Waals surface area contributed by atoms with E-state index < -0.39 is 18.0 Å². The molecule has 0 heterocycles. The van der Waals surface area contributed by atoms with E-state index in [0.29, 0.717) is 17.9 Å². The Labute approximate surface area is 140 Å². The molecule has 2 amide bonds. The number of nitrogens with one attached hydrogen (secondary N) is 2. The Kier molecular flexibility index (Phi) is 6.17. The third kappa shape index (κ3) is 5.26. The highest BCUT2D eigenvalue weighted by molar-refractivity contribution is 5.98. The first-order valence-electron chi connectivity index (χ1n) is 8.01. The molecule has 130 valence electrons. The third-order valence-corrected chi connectivity index (χ3v) is 3.43. The van der Waals surface area contributed by atoms with E-state index in [4.69, 9.17) is 9.47 Å². The lowest BCUT2D eigenvalue weighted by Gasteiger charge is -2.14. The van der Waals surface area contributed by atoms with Gasteiger partial charge in [0.25, 0.3) is 11.8 Å². The van der Waals surface area contributed by atoms with Crippen LogP contribution in [0.15, 0.2) is 24.3 Å². The predicted octanol–water partition coefficient (Wildman–Crippen LogP) is 1.03. The van der Waals surface area contributed by atoms with Crippen molar-refractivity contribution < 1.29 is 23.9 Å². The minimum Gasteiger partial charge on any atom is -0.493 e. The Balaban J connectivity index is 1.80. The highest BCUT2D eigenvalue weighted by Crippen LogP contribution is 2.19. The Morgan fingerprint density at radius 3 is 2.62 bits per heavy atom. The molecule has 2 rings (SSSR count). The van der Waals surface area contributed by atoms with Gasteiger partial charge in [-0.25, -0.2) is 0 Å². The van der Waals surface area contributed by atoms with Crippen LogP contribution in [-0.2, 0) is 14.3 Å². The van der Waals surface area contributed by atoms with Gasteiger partial charge in [-0.1, -0.05) is 12.1 Å². The molecule has 0 unspecified atom stereocenters. The van der Waals surface area contributed by atoms with Crippen LogP contribution >= 0.6 is 0 Å². The second-order valence-corrected chi connectivity index (χ2v) is 5.53. The summed E-state index contributed by atoms with van der Waals surface area (Å²) in [5, 5.41) is 5.22. The summed E-state index contributed by atoms with van der Waals surface area (Å²) in [6.07, 6.45) is 1.04. The van der Waals surface area contributed by atoms with Crippen molar-refractivity contribution in [2.45, 2.75) is 38.8 Å². The number of rotatable bonds is 8. The highest BCUT2D eigenvalue weighted by Gasteiger charge is 2.27. The van der Waals surface area contributed by atoms with Crippen molar-refractivity contribution in [2.24, 2.45) is 0 Å². The Morgan fingerprint density at radius 2 is 1.96 bits per heavy atom. The molecule has 1 atom stereocenters. The summed E-state index contributed by atoms with van der Waals surface area (Å²) in [6, 6.07) is 6.96. The van der Waals surface area contributed by atoms with Crippen LogP contribution < -0.4 is 15.4 Å². The van der Waals surface area contributed by atoms with Gasteiger partial charge in [0.1, 0.15) is 12.3 Å². The molecular weight excluding hydrogens is 312 g/mol. The SMILES string of the molecule is CCOc1ccccc1C(=O)NCC(=O)O[C@H](C)C(=O)NC1CC1. The number of hydrogen-bond donors (Lipinski definition) is 2. The molecule has 0 saturated heterocycles. The molecule has 1 aromatic rings. The maximum absolute atomic E-state index is 12.1. The predicted molar refractivity (Wildman–Crippen MR) is 86.7 cm³/mol. The molecular formula is C17H22N2O5. The van der Waals surface area contributed by atoms with Gasteiger partial charge in [-0.05, 0) is 38.8 Å². The van der Waals surface area contributed by atoms with Crippen LogP contribution in [0.25, 0.3) is 0 Å². The van der Waals surface area contributed by atoms with Gasteiger partial charge in [0.15, 0.2) is 6.10 Å². The number of amides is 2. The number of ether oxygens (including phenoxy) is 2. The van der Waals surface area contributed by atoms with Crippen LogP contribution in [0.4, 0.5) is 0 Å². The molecule has 1 saturated carbocycles. The third-order valence-electron chi connectivity index (χ3n) is 3.43. The first-order chi connectivity index (χ1) is 11.5. The van der Waals surface area contributed by atoms with Gasteiger partial charge in [0.2, 0.25) is 0 Å². The lowest BCUT2D eigenvalue weighted by Crippen LogP contribution is -2.39. The standard InChI is InChI=1S/C17H22N2O5/c1-3-23-14-7-5-4-6-13(14)17(22)18-10-15(20)24-11(2)16(21)19-12-8-9-12/h4-7,11-12H,3,8-10H2,1-2H3,(H,18,22)(H,19,21)/t11-/m1/s1. The molecule has 1 aliphatic rings. The summed E-state index contributed by atoms with van der Waals surface area (Å²) in [5.74, 6) is -0.983. The Hall–Kier alpha value is -2.57. The summed E-state index contributed by atoms with van der Waals surface area (Å²) in [6.45, 7) is 3.43. The van der Waals surface area contributed by atoms with E-state index >= 15 is 0 Å². The number of esters is 1. The molecule has 7 heteroatoms. The lowest BCUT2D eigenvalue weighted by molar-refractivity contribution is -0.153. The van der Waals surface area contributed by atoms with Gasteiger partial charge in [-0.15, -0.1) is 0 Å². The van der Waals surface area contributed by atoms with E-state index in [2.05, 4.69) is 10.6 Å². The van der Waals surface area contributed by atoms with Crippen molar-refractivity contribution in [3.05, 3.63) is 29.8 Å². The average Bonchev–Trinajstić information content (AvgIpc) is 3.37. The number of benzene rings is 1. The fourth-order valence-corrected chi connectivity index (χ4v) is 2.02. The van der Waals surface area contributed by atoms with Crippen molar-refractivity contribution in [1.82, 2.24) is 10.6 Å². The van der Waals surface area contributed by atoms with Gasteiger partial charge >= 0.3 is 5.97 Å². The molecule has 2 N–H and O–H groups in total. The molecule has 1 aliphatic carbocycles. The monoisotopic (exact) mass is 334 g/mol. The second kappa shape index (κ2) is 8.33. The zero-order chi connectivity index (χ0) is 17.5. The number of hydrogen-bond acceptors (Lipinski definition) is 5. The normalized spacial score (nSPS) is 14.4. The zero-order valence-electron chi connectivity index (χ0n) is 13.8. The van der Waals surface area contributed by atoms with Gasteiger partial charge in [-0.3, -0.25) is 14.4 Å². The van der Waals surface area contributed by atoms with E-state index in [1.807, 2.05) is 6.92 Å². The molecule has 1 aromatic carbocycles. The highest BCUT2D eigenvalue weighted by atomic mass is 16.5. The summed E-state index contributed by atoms with van der Waals surface area (Å²) >= 11 is 0. The van der Waals surface area contributed by atoms with Gasteiger partial charge in [-0.2, -0.15) is 0 Å². The Bertz CT molecular complexity index is 613. The first kappa shape index (κ1) is 17.8. The van der Waals surface area contributed by atoms with Crippen LogP contribution in [0.2, 0.25) is 0 Å². The molecule has 0 bridgehead atoms. The van der Waals surface area contributed by atoms with Crippen molar-refractivity contribution in [1.29, 1.82) is 0 Å². The van der Waals surface area contributed by atoms with Gasteiger partial charge in [0, 0.05) is 6.04 Å². The fraction of sp³-hybridized carbons (Fsp3) is 0.471. The molecule has 1 fully saturated rings. The van der Waals surface area contributed by atoms with E-state index in [0.717, 1.165) is 12.8 Å². The quantitative estimate of drug-likeness (QED) is 0.693. The average molecular weight is 334 g/mol. The lowest BCUT2D eigenvalue weighted by atomic mass is 10.2. The molecule has 0 spiro atoms. The molecule has 24 heavy (non-hydrogen) atoms.